The van der Waals surface area contributed by atoms with Crippen LogP contribution in [0.25, 0.3) is 0 Å². The van der Waals surface area contributed by atoms with Crippen molar-refractivity contribution in [2.75, 3.05) is 0 Å². The fourth-order valence-electron chi connectivity index (χ4n) is 0.245. The lowest BCUT2D eigenvalue weighted by Crippen LogP contribution is -2.18. The summed E-state index contributed by atoms with van der Waals surface area (Å²) < 4.78 is 0. The number of rotatable bonds is 3. The summed E-state index contributed by atoms with van der Waals surface area (Å²) in [5.41, 5.74) is 4.47. The second-order valence-electron chi connectivity index (χ2n) is 1.41. The fraction of sp³-hybridized carbons (Fsp3) is 0. The molecule has 9 heavy (non-hydrogen) atoms. The van der Waals surface area contributed by atoms with E-state index in [-0.39, 0.29) is 5.57 Å². The third-order valence-corrected chi connectivity index (χ3v) is 0.780. The molecule has 0 bridgehead atoms. The van der Waals surface area contributed by atoms with Gasteiger partial charge in [-0.05, 0) is 6.08 Å². The Morgan fingerprint density at radius 2 is 1.89 bits per heavy atom. The molecule has 0 unspecified atom stereocenters. The van der Waals surface area contributed by atoms with E-state index >= 15 is 0 Å². The molecule has 0 aliphatic rings. The SMILES string of the molecule is C=CC(=O)C(=C)C(N)=O. The number of ketones is 1. The van der Waals surface area contributed by atoms with Gasteiger partial charge in [-0.1, -0.05) is 13.2 Å². The summed E-state index contributed by atoms with van der Waals surface area (Å²) >= 11 is 0. The van der Waals surface area contributed by atoms with Crippen LogP contribution >= 0.6 is 0 Å². The van der Waals surface area contributed by atoms with Gasteiger partial charge >= 0.3 is 0 Å². The van der Waals surface area contributed by atoms with E-state index < -0.39 is 11.7 Å². The van der Waals surface area contributed by atoms with Crippen molar-refractivity contribution in [2.45, 2.75) is 0 Å². The monoisotopic (exact) mass is 125 g/mol. The molecular weight excluding hydrogens is 118 g/mol. The van der Waals surface area contributed by atoms with Gasteiger partial charge in [-0.25, -0.2) is 0 Å². The Balaban J connectivity index is 4.22. The summed E-state index contributed by atoms with van der Waals surface area (Å²) in [4.78, 5) is 20.6. The number of amides is 1. The molecule has 3 nitrogen and oxygen atoms in total. The number of primary amides is 1. The van der Waals surface area contributed by atoms with E-state index in [4.69, 9.17) is 5.73 Å². The second-order valence-corrected chi connectivity index (χ2v) is 1.41. The average molecular weight is 125 g/mol. The van der Waals surface area contributed by atoms with Crippen LogP contribution in [-0.4, -0.2) is 11.7 Å². The molecule has 0 aromatic carbocycles. The van der Waals surface area contributed by atoms with Crippen LogP contribution in [0.1, 0.15) is 0 Å². The fourth-order valence-corrected chi connectivity index (χ4v) is 0.245. The number of allylic oxidation sites excluding steroid dienone is 1. The van der Waals surface area contributed by atoms with Crippen LogP contribution in [0.15, 0.2) is 24.8 Å². The third-order valence-electron chi connectivity index (χ3n) is 0.780. The van der Waals surface area contributed by atoms with Crippen molar-refractivity contribution in [1.29, 1.82) is 0 Å². The molecule has 0 aromatic heterocycles. The maximum absolute atomic E-state index is 10.4. The molecule has 0 saturated carbocycles. The molecule has 0 aliphatic heterocycles. The minimum absolute atomic E-state index is 0.231. The van der Waals surface area contributed by atoms with E-state index in [1.165, 1.54) is 0 Å². The zero-order valence-electron chi connectivity index (χ0n) is 4.89. The van der Waals surface area contributed by atoms with Crippen LogP contribution in [0.3, 0.4) is 0 Å². The smallest absolute Gasteiger partial charge is 0.252 e. The van der Waals surface area contributed by atoms with Gasteiger partial charge in [0.05, 0.1) is 5.57 Å². The normalized spacial score (nSPS) is 8.00. The number of hydrogen-bond acceptors (Lipinski definition) is 2. The zero-order valence-corrected chi connectivity index (χ0v) is 4.89. The van der Waals surface area contributed by atoms with Gasteiger partial charge in [-0.2, -0.15) is 0 Å². The molecule has 0 rings (SSSR count). The molecule has 2 N–H and O–H groups in total. The molecule has 0 radical (unpaired) electrons. The summed E-state index contributed by atoms with van der Waals surface area (Å²) in [5.74, 6) is -1.33. The highest BCUT2D eigenvalue weighted by molar-refractivity contribution is 6.22. The Bertz CT molecular complexity index is 181. The van der Waals surface area contributed by atoms with Crippen molar-refractivity contribution >= 4 is 11.7 Å². The highest BCUT2D eigenvalue weighted by atomic mass is 16.2. The summed E-state index contributed by atoms with van der Waals surface area (Å²) in [5, 5.41) is 0. The molecule has 0 aromatic rings. The molecule has 48 valence electrons. The first-order chi connectivity index (χ1) is 4.09. The van der Waals surface area contributed by atoms with Crippen LogP contribution in [-0.2, 0) is 9.59 Å². The molecule has 0 fully saturated rings. The maximum atomic E-state index is 10.4. The standard InChI is InChI=1S/C6H7NO2/c1-3-5(8)4(2)6(7)9/h3H,1-2H2,(H2,7,9). The van der Waals surface area contributed by atoms with Crippen molar-refractivity contribution in [3.05, 3.63) is 24.8 Å². The number of hydrogen-bond donors (Lipinski definition) is 1. The van der Waals surface area contributed by atoms with Crippen molar-refractivity contribution in [3.63, 3.8) is 0 Å². The van der Waals surface area contributed by atoms with Gasteiger partial charge in [0.25, 0.3) is 5.91 Å². The summed E-state index contributed by atoms with van der Waals surface area (Å²) in [6.45, 7) is 6.28. The number of carbonyl (C=O) groups excluding carboxylic acids is 2. The van der Waals surface area contributed by atoms with Crippen molar-refractivity contribution in [1.82, 2.24) is 0 Å². The van der Waals surface area contributed by atoms with Gasteiger partial charge in [-0.15, -0.1) is 0 Å². The van der Waals surface area contributed by atoms with Gasteiger partial charge in [0.1, 0.15) is 0 Å². The van der Waals surface area contributed by atoms with Gasteiger partial charge in [0.2, 0.25) is 0 Å². The Morgan fingerprint density at radius 3 is 2.00 bits per heavy atom. The van der Waals surface area contributed by atoms with Crippen molar-refractivity contribution in [3.8, 4) is 0 Å². The second kappa shape index (κ2) is 2.81. The molecule has 0 aliphatic carbocycles. The summed E-state index contributed by atoms with van der Waals surface area (Å²) in [6, 6.07) is 0. The quantitative estimate of drug-likeness (QED) is 0.322. The zero-order chi connectivity index (χ0) is 7.44. The van der Waals surface area contributed by atoms with Crippen LogP contribution < -0.4 is 5.73 Å². The molecule has 0 atom stereocenters. The van der Waals surface area contributed by atoms with E-state index in [1.807, 2.05) is 0 Å². The largest absolute Gasteiger partial charge is 0.365 e. The van der Waals surface area contributed by atoms with Crippen LogP contribution in [0.4, 0.5) is 0 Å². The van der Waals surface area contributed by atoms with Gasteiger partial charge in [0, 0.05) is 0 Å². The van der Waals surface area contributed by atoms with E-state index in [2.05, 4.69) is 13.2 Å². The van der Waals surface area contributed by atoms with Gasteiger partial charge < -0.3 is 5.73 Å². The lowest BCUT2D eigenvalue weighted by molar-refractivity contribution is -0.118. The van der Waals surface area contributed by atoms with E-state index in [1.54, 1.807) is 0 Å². The molecule has 0 heterocycles. The Hall–Kier alpha value is -1.38. The van der Waals surface area contributed by atoms with E-state index in [9.17, 15) is 9.59 Å². The lowest BCUT2D eigenvalue weighted by atomic mass is 10.2. The average Bonchev–Trinajstić information content (AvgIpc) is 1.84. The number of nitrogens with two attached hydrogens (primary N) is 1. The summed E-state index contributed by atoms with van der Waals surface area (Å²) in [7, 11) is 0. The first-order valence-corrected chi connectivity index (χ1v) is 2.25. The minimum atomic E-state index is -0.806. The predicted octanol–water partition coefficient (Wildman–Crippen LogP) is -0.217. The van der Waals surface area contributed by atoms with E-state index in [0.717, 1.165) is 6.08 Å². The maximum Gasteiger partial charge on any atom is 0.252 e. The highest BCUT2D eigenvalue weighted by Gasteiger charge is 2.06. The third kappa shape index (κ3) is 1.90. The summed E-state index contributed by atoms with van der Waals surface area (Å²) in [6.07, 6.45) is 0.993. The van der Waals surface area contributed by atoms with Gasteiger partial charge in [0.15, 0.2) is 5.78 Å². The lowest BCUT2D eigenvalue weighted by Gasteiger charge is -1.90. The first-order valence-electron chi connectivity index (χ1n) is 2.25. The highest BCUT2D eigenvalue weighted by Crippen LogP contribution is 1.89. The Kier molecular flexibility index (Phi) is 2.38. The predicted molar refractivity (Wildman–Crippen MR) is 33.5 cm³/mol. The van der Waals surface area contributed by atoms with Crippen LogP contribution in [0, 0.1) is 0 Å². The topological polar surface area (TPSA) is 60.2 Å². The van der Waals surface area contributed by atoms with Gasteiger partial charge in [-0.3, -0.25) is 9.59 Å². The number of carbonyl (C=O) groups is 2. The van der Waals surface area contributed by atoms with Crippen LogP contribution in [0.5, 0.6) is 0 Å². The Morgan fingerprint density at radius 1 is 1.44 bits per heavy atom. The molecule has 0 spiro atoms. The molecular formula is C6H7NO2. The molecule has 1 amide bonds. The molecule has 0 saturated heterocycles. The molecule has 3 heteroatoms. The van der Waals surface area contributed by atoms with Crippen molar-refractivity contribution < 1.29 is 9.59 Å². The Labute approximate surface area is 52.8 Å². The van der Waals surface area contributed by atoms with E-state index in [0.29, 0.717) is 0 Å². The van der Waals surface area contributed by atoms with Crippen LogP contribution in [0.2, 0.25) is 0 Å². The minimum Gasteiger partial charge on any atom is -0.365 e. The first kappa shape index (κ1) is 7.62. The van der Waals surface area contributed by atoms with Crippen molar-refractivity contribution in [2.24, 2.45) is 5.73 Å².